The van der Waals surface area contributed by atoms with Crippen LogP contribution >= 0.6 is 0 Å². The molecule has 27 heavy (non-hydrogen) atoms. The van der Waals surface area contributed by atoms with E-state index in [-0.39, 0.29) is 17.6 Å². The van der Waals surface area contributed by atoms with Gasteiger partial charge in [0.25, 0.3) is 0 Å². The number of carbonyl (C=O) groups excluding carboxylic acids is 1. The number of carbonyl (C=O) groups is 2. The maximum Gasteiger partial charge on any atom is 0.307 e. The summed E-state index contributed by atoms with van der Waals surface area (Å²) in [4.78, 5) is 30.0. The van der Waals surface area contributed by atoms with Crippen molar-refractivity contribution in [3.05, 3.63) is 36.0 Å². The van der Waals surface area contributed by atoms with Gasteiger partial charge in [-0.15, -0.1) is 0 Å². The third kappa shape index (κ3) is 3.43. The van der Waals surface area contributed by atoms with Crippen molar-refractivity contribution in [2.24, 2.45) is 11.8 Å². The van der Waals surface area contributed by atoms with Crippen molar-refractivity contribution in [3.8, 4) is 11.4 Å². The first kappa shape index (κ1) is 17.6. The van der Waals surface area contributed by atoms with E-state index < -0.39 is 17.8 Å². The summed E-state index contributed by atoms with van der Waals surface area (Å²) in [6, 6.07) is 5.85. The second kappa shape index (κ2) is 7.09. The van der Waals surface area contributed by atoms with E-state index in [2.05, 4.69) is 10.1 Å². The van der Waals surface area contributed by atoms with Gasteiger partial charge in [-0.05, 0) is 49.9 Å². The van der Waals surface area contributed by atoms with Crippen LogP contribution in [0.2, 0.25) is 0 Å². The first-order chi connectivity index (χ1) is 13.0. The minimum atomic E-state index is -0.894. The molecule has 8 heteroatoms. The molecule has 2 aromatic rings. The molecule has 1 aliphatic heterocycles. The summed E-state index contributed by atoms with van der Waals surface area (Å²) in [6.07, 6.45) is 2.82. The quantitative estimate of drug-likeness (QED) is 0.885. The lowest BCUT2D eigenvalue weighted by Crippen LogP contribution is -2.48. The average molecular weight is 373 g/mol. The highest BCUT2D eigenvalue weighted by Crippen LogP contribution is 2.37. The third-order valence-electron chi connectivity index (χ3n) is 5.54. The van der Waals surface area contributed by atoms with Gasteiger partial charge in [0.2, 0.25) is 17.6 Å². The van der Waals surface area contributed by atoms with E-state index in [0.29, 0.717) is 43.2 Å². The molecule has 1 saturated carbocycles. The molecule has 2 aliphatic rings. The fourth-order valence-corrected chi connectivity index (χ4v) is 3.82. The van der Waals surface area contributed by atoms with Gasteiger partial charge >= 0.3 is 5.97 Å². The predicted octanol–water partition coefficient (Wildman–Crippen LogP) is 2.69. The fraction of sp³-hybridized carbons (Fsp3) is 0.474. The lowest BCUT2D eigenvalue weighted by Gasteiger charge is -2.39. The van der Waals surface area contributed by atoms with E-state index in [9.17, 15) is 19.1 Å². The normalized spacial score (nSPS) is 25.1. The predicted molar refractivity (Wildman–Crippen MR) is 92.1 cm³/mol. The summed E-state index contributed by atoms with van der Waals surface area (Å²) in [5.74, 6) is -1.53. The summed E-state index contributed by atoms with van der Waals surface area (Å²) in [5, 5.41) is 13.2. The van der Waals surface area contributed by atoms with Crippen molar-refractivity contribution in [2.75, 3.05) is 13.1 Å². The van der Waals surface area contributed by atoms with Crippen LogP contribution in [0.1, 0.15) is 37.5 Å². The van der Waals surface area contributed by atoms with Crippen LogP contribution in [-0.4, -0.2) is 45.1 Å². The zero-order valence-electron chi connectivity index (χ0n) is 14.7. The molecule has 1 saturated heterocycles. The number of halogens is 1. The van der Waals surface area contributed by atoms with E-state index >= 15 is 0 Å². The molecule has 1 aromatic heterocycles. The van der Waals surface area contributed by atoms with Crippen LogP contribution in [0, 0.1) is 17.7 Å². The standard InChI is InChI=1S/C19H20FN3O4/c20-13-5-3-11(4-6-13)16-21-17(27-22-16)12-2-1-9-23(10-12)18(24)14-7-8-15(14)19(25)26/h3-6,12,14-15H,1-2,7-10H2,(H,25,26). The van der Waals surface area contributed by atoms with Crippen molar-refractivity contribution < 1.29 is 23.6 Å². The number of nitrogens with zero attached hydrogens (tertiary/aromatic N) is 3. The Labute approximate surface area is 155 Å². The van der Waals surface area contributed by atoms with Crippen LogP contribution in [-0.2, 0) is 9.59 Å². The molecule has 0 bridgehead atoms. The summed E-state index contributed by atoms with van der Waals surface area (Å²) in [5.41, 5.74) is 0.661. The Hall–Kier alpha value is -2.77. The molecule has 1 N–H and O–H groups in total. The number of hydrogen-bond donors (Lipinski definition) is 1. The molecule has 0 radical (unpaired) electrons. The molecule has 1 aromatic carbocycles. The Balaban J connectivity index is 1.45. The van der Waals surface area contributed by atoms with E-state index in [0.717, 1.165) is 12.8 Å². The molecule has 2 fully saturated rings. The van der Waals surface area contributed by atoms with Gasteiger partial charge < -0.3 is 14.5 Å². The summed E-state index contributed by atoms with van der Waals surface area (Å²) in [6.45, 7) is 1.07. The number of amides is 1. The van der Waals surface area contributed by atoms with Crippen molar-refractivity contribution >= 4 is 11.9 Å². The van der Waals surface area contributed by atoms with E-state index in [4.69, 9.17) is 4.52 Å². The number of likely N-dealkylation sites (tertiary alicyclic amines) is 1. The Bertz CT molecular complexity index is 851. The maximum absolute atomic E-state index is 13.1. The number of benzene rings is 1. The SMILES string of the molecule is O=C(O)C1CCC1C(=O)N1CCCC(c2nc(-c3ccc(F)cc3)no2)C1. The first-order valence-electron chi connectivity index (χ1n) is 9.14. The molecule has 3 unspecified atom stereocenters. The largest absolute Gasteiger partial charge is 0.481 e. The van der Waals surface area contributed by atoms with Crippen molar-refractivity contribution in [2.45, 2.75) is 31.6 Å². The lowest BCUT2D eigenvalue weighted by atomic mass is 9.72. The highest BCUT2D eigenvalue weighted by atomic mass is 19.1. The van der Waals surface area contributed by atoms with E-state index in [1.54, 1.807) is 17.0 Å². The molecule has 0 spiro atoms. The number of rotatable bonds is 4. The average Bonchev–Trinajstić information content (AvgIpc) is 3.11. The summed E-state index contributed by atoms with van der Waals surface area (Å²) < 4.78 is 18.4. The summed E-state index contributed by atoms with van der Waals surface area (Å²) in [7, 11) is 0. The van der Waals surface area contributed by atoms with E-state index in [1.165, 1.54) is 12.1 Å². The van der Waals surface area contributed by atoms with Crippen LogP contribution < -0.4 is 0 Å². The molecule has 4 rings (SSSR count). The fourth-order valence-electron chi connectivity index (χ4n) is 3.82. The molecule has 3 atom stereocenters. The highest BCUT2D eigenvalue weighted by molar-refractivity contribution is 5.86. The Morgan fingerprint density at radius 2 is 1.89 bits per heavy atom. The molecule has 142 valence electrons. The Morgan fingerprint density at radius 3 is 2.56 bits per heavy atom. The molecular weight excluding hydrogens is 353 g/mol. The van der Waals surface area contributed by atoms with Crippen LogP contribution in [0.5, 0.6) is 0 Å². The minimum absolute atomic E-state index is 0.0762. The molecule has 1 aliphatic carbocycles. The zero-order valence-corrected chi connectivity index (χ0v) is 14.7. The third-order valence-corrected chi connectivity index (χ3v) is 5.54. The van der Waals surface area contributed by atoms with Gasteiger partial charge in [-0.1, -0.05) is 5.16 Å². The topological polar surface area (TPSA) is 96.5 Å². The Morgan fingerprint density at radius 1 is 1.15 bits per heavy atom. The number of hydrogen-bond acceptors (Lipinski definition) is 5. The van der Waals surface area contributed by atoms with Crippen LogP contribution in [0.4, 0.5) is 4.39 Å². The van der Waals surface area contributed by atoms with Gasteiger partial charge in [-0.2, -0.15) is 4.98 Å². The van der Waals surface area contributed by atoms with Crippen LogP contribution in [0.25, 0.3) is 11.4 Å². The maximum atomic E-state index is 13.1. The number of carboxylic acids is 1. The van der Waals surface area contributed by atoms with Crippen molar-refractivity contribution in [1.29, 1.82) is 0 Å². The second-order valence-corrected chi connectivity index (χ2v) is 7.22. The van der Waals surface area contributed by atoms with Crippen LogP contribution in [0.15, 0.2) is 28.8 Å². The number of piperidine rings is 1. The van der Waals surface area contributed by atoms with Crippen LogP contribution in [0.3, 0.4) is 0 Å². The summed E-state index contributed by atoms with van der Waals surface area (Å²) >= 11 is 0. The number of aromatic nitrogens is 2. The monoisotopic (exact) mass is 373 g/mol. The highest BCUT2D eigenvalue weighted by Gasteiger charge is 2.44. The molecule has 1 amide bonds. The first-order valence-corrected chi connectivity index (χ1v) is 9.14. The van der Waals surface area contributed by atoms with Gasteiger partial charge in [0.15, 0.2) is 0 Å². The van der Waals surface area contributed by atoms with Crippen molar-refractivity contribution in [1.82, 2.24) is 15.0 Å². The Kier molecular flexibility index (Phi) is 4.63. The minimum Gasteiger partial charge on any atom is -0.481 e. The second-order valence-electron chi connectivity index (χ2n) is 7.22. The van der Waals surface area contributed by atoms with Gasteiger partial charge in [0, 0.05) is 18.7 Å². The van der Waals surface area contributed by atoms with Gasteiger partial charge in [-0.25, -0.2) is 4.39 Å². The molecular formula is C19H20FN3O4. The van der Waals surface area contributed by atoms with Gasteiger partial charge in [-0.3, -0.25) is 9.59 Å². The van der Waals surface area contributed by atoms with Gasteiger partial charge in [0.1, 0.15) is 5.82 Å². The lowest BCUT2D eigenvalue weighted by molar-refractivity contribution is -0.157. The smallest absolute Gasteiger partial charge is 0.307 e. The molecule has 2 heterocycles. The van der Waals surface area contributed by atoms with Crippen molar-refractivity contribution in [3.63, 3.8) is 0 Å². The molecule has 7 nitrogen and oxygen atoms in total. The van der Waals surface area contributed by atoms with E-state index in [1.807, 2.05) is 0 Å². The zero-order chi connectivity index (χ0) is 19.0. The van der Waals surface area contributed by atoms with Gasteiger partial charge in [0.05, 0.1) is 17.8 Å². The number of carboxylic acid groups (broad SMARTS) is 1. The number of aliphatic carboxylic acids is 1.